The van der Waals surface area contributed by atoms with Crippen molar-refractivity contribution in [1.82, 2.24) is 20.2 Å². The van der Waals surface area contributed by atoms with Crippen LogP contribution >= 0.6 is 0 Å². The summed E-state index contributed by atoms with van der Waals surface area (Å²) < 4.78 is 5.41. The first kappa shape index (κ1) is 17.8. The zero-order chi connectivity index (χ0) is 18.0. The van der Waals surface area contributed by atoms with Crippen molar-refractivity contribution in [1.29, 1.82) is 0 Å². The molecule has 2 heterocycles. The highest BCUT2D eigenvalue weighted by Crippen LogP contribution is 2.17. The van der Waals surface area contributed by atoms with Crippen LogP contribution in [0.25, 0.3) is 11.0 Å². The Morgan fingerprint density at radius 1 is 1.16 bits per heavy atom. The van der Waals surface area contributed by atoms with Crippen LogP contribution in [0.4, 0.5) is 0 Å². The van der Waals surface area contributed by atoms with Crippen molar-refractivity contribution in [3.05, 3.63) is 35.2 Å². The Balaban J connectivity index is 1.70. The van der Waals surface area contributed by atoms with Crippen molar-refractivity contribution in [2.24, 2.45) is 0 Å². The molecule has 0 atom stereocenters. The second-order valence-electron chi connectivity index (χ2n) is 7.19. The van der Waals surface area contributed by atoms with Crippen molar-refractivity contribution >= 4 is 16.9 Å². The van der Waals surface area contributed by atoms with Gasteiger partial charge < -0.3 is 10.1 Å². The van der Waals surface area contributed by atoms with Gasteiger partial charge in [-0.3, -0.25) is 9.69 Å². The summed E-state index contributed by atoms with van der Waals surface area (Å²) in [5.74, 6) is -0.0803. The predicted octanol–water partition coefficient (Wildman–Crippen LogP) is 2.09. The molecule has 2 aromatic rings. The van der Waals surface area contributed by atoms with E-state index in [1.807, 2.05) is 32.0 Å². The minimum Gasteiger partial charge on any atom is -0.379 e. The van der Waals surface area contributed by atoms with Crippen LogP contribution in [0.3, 0.4) is 0 Å². The molecule has 0 saturated carbocycles. The van der Waals surface area contributed by atoms with Crippen LogP contribution in [-0.4, -0.2) is 59.2 Å². The van der Waals surface area contributed by atoms with Gasteiger partial charge in [0.1, 0.15) is 0 Å². The van der Waals surface area contributed by atoms with E-state index in [4.69, 9.17) is 4.74 Å². The van der Waals surface area contributed by atoms with Gasteiger partial charge >= 0.3 is 0 Å². The molecule has 1 aliphatic rings. The smallest absolute Gasteiger partial charge is 0.251 e. The number of fused-ring (bicyclic) bond motifs is 1. The van der Waals surface area contributed by atoms with E-state index >= 15 is 0 Å². The van der Waals surface area contributed by atoms with Gasteiger partial charge in [0.25, 0.3) is 5.91 Å². The van der Waals surface area contributed by atoms with Crippen molar-refractivity contribution in [2.75, 3.05) is 32.8 Å². The fourth-order valence-corrected chi connectivity index (χ4v) is 3.05. The largest absolute Gasteiger partial charge is 0.379 e. The second-order valence-corrected chi connectivity index (χ2v) is 7.19. The lowest BCUT2D eigenvalue weighted by Crippen LogP contribution is -2.55. The maximum Gasteiger partial charge on any atom is 0.251 e. The van der Waals surface area contributed by atoms with Crippen LogP contribution < -0.4 is 5.32 Å². The number of aromatic nitrogens is 2. The summed E-state index contributed by atoms with van der Waals surface area (Å²) in [4.78, 5) is 24.0. The Kier molecular flexibility index (Phi) is 5.01. The number of nitrogens with zero attached hydrogens (tertiary/aromatic N) is 3. The van der Waals surface area contributed by atoms with Crippen molar-refractivity contribution in [2.45, 2.75) is 33.2 Å². The average molecular weight is 342 g/mol. The monoisotopic (exact) mass is 342 g/mol. The lowest BCUT2D eigenvalue weighted by Gasteiger charge is -2.40. The zero-order valence-electron chi connectivity index (χ0n) is 15.4. The normalized spacial score (nSPS) is 16.2. The standard InChI is InChI=1S/C19H26N4O2/c1-13-14(2)22-17-11-15(5-6-16(17)21-13)18(24)20-12-19(3,4)23-7-9-25-10-8-23/h5-6,11H,7-10,12H2,1-4H3,(H,20,24). The third-order valence-electron chi connectivity index (χ3n) is 4.89. The first-order valence-electron chi connectivity index (χ1n) is 8.73. The van der Waals surface area contributed by atoms with Crippen molar-refractivity contribution < 1.29 is 9.53 Å². The minimum absolute atomic E-state index is 0.0803. The SMILES string of the molecule is Cc1nc2ccc(C(=O)NCC(C)(C)N3CCOCC3)cc2nc1C. The molecule has 6 nitrogen and oxygen atoms in total. The number of ether oxygens (including phenoxy) is 1. The molecule has 6 heteroatoms. The summed E-state index contributed by atoms with van der Waals surface area (Å²) in [5.41, 5.74) is 3.87. The molecule has 1 amide bonds. The quantitative estimate of drug-likeness (QED) is 0.921. The van der Waals surface area contributed by atoms with Crippen LogP contribution in [0.2, 0.25) is 0 Å². The molecular formula is C19H26N4O2. The molecule has 1 aliphatic heterocycles. The molecule has 1 fully saturated rings. The van der Waals surface area contributed by atoms with E-state index in [1.165, 1.54) is 0 Å². The van der Waals surface area contributed by atoms with Gasteiger partial charge in [-0.15, -0.1) is 0 Å². The highest BCUT2D eigenvalue weighted by Gasteiger charge is 2.28. The number of morpholine rings is 1. The van der Waals surface area contributed by atoms with Crippen LogP contribution in [0.15, 0.2) is 18.2 Å². The number of carbonyl (C=O) groups excluding carboxylic acids is 1. The van der Waals surface area contributed by atoms with E-state index in [0.717, 1.165) is 48.7 Å². The Bertz CT molecular complexity index is 782. The summed E-state index contributed by atoms with van der Waals surface area (Å²) in [6.07, 6.45) is 0. The minimum atomic E-state index is -0.107. The van der Waals surface area contributed by atoms with Crippen LogP contribution in [0.5, 0.6) is 0 Å². The van der Waals surface area contributed by atoms with Gasteiger partial charge in [0.2, 0.25) is 0 Å². The van der Waals surface area contributed by atoms with E-state index in [2.05, 4.69) is 34.0 Å². The van der Waals surface area contributed by atoms with Crippen LogP contribution in [0, 0.1) is 13.8 Å². The van der Waals surface area contributed by atoms with Gasteiger partial charge in [-0.2, -0.15) is 0 Å². The summed E-state index contributed by atoms with van der Waals surface area (Å²) in [7, 11) is 0. The number of rotatable bonds is 4. The number of hydrogen-bond donors (Lipinski definition) is 1. The Morgan fingerprint density at radius 3 is 2.48 bits per heavy atom. The number of carbonyl (C=O) groups is 1. The Labute approximate surface area is 148 Å². The number of aryl methyl sites for hydroxylation is 2. The van der Waals surface area contributed by atoms with Gasteiger partial charge in [0.15, 0.2) is 0 Å². The lowest BCUT2D eigenvalue weighted by atomic mass is 10.0. The van der Waals surface area contributed by atoms with Crippen molar-refractivity contribution in [3.8, 4) is 0 Å². The molecule has 25 heavy (non-hydrogen) atoms. The molecule has 0 unspecified atom stereocenters. The van der Waals surface area contributed by atoms with E-state index in [1.54, 1.807) is 0 Å². The van der Waals surface area contributed by atoms with Gasteiger partial charge in [-0.25, -0.2) is 9.97 Å². The van der Waals surface area contributed by atoms with E-state index in [9.17, 15) is 4.79 Å². The molecule has 1 aromatic carbocycles. The summed E-state index contributed by atoms with van der Waals surface area (Å²) in [5, 5.41) is 3.06. The summed E-state index contributed by atoms with van der Waals surface area (Å²) in [6, 6.07) is 5.48. The molecule has 0 bridgehead atoms. The maximum absolute atomic E-state index is 12.6. The molecule has 1 N–H and O–H groups in total. The van der Waals surface area contributed by atoms with E-state index in [0.29, 0.717) is 12.1 Å². The molecule has 3 rings (SSSR count). The van der Waals surface area contributed by atoms with Gasteiger partial charge in [0.05, 0.1) is 35.6 Å². The van der Waals surface area contributed by atoms with Crippen molar-refractivity contribution in [3.63, 3.8) is 0 Å². The molecule has 0 aliphatic carbocycles. The molecule has 0 radical (unpaired) electrons. The van der Waals surface area contributed by atoms with Gasteiger partial charge in [0, 0.05) is 30.7 Å². The molecule has 134 valence electrons. The Morgan fingerprint density at radius 2 is 1.80 bits per heavy atom. The topological polar surface area (TPSA) is 67.4 Å². The number of amides is 1. The molecule has 0 spiro atoms. The summed E-state index contributed by atoms with van der Waals surface area (Å²) >= 11 is 0. The highest BCUT2D eigenvalue weighted by atomic mass is 16.5. The van der Waals surface area contributed by atoms with E-state index in [-0.39, 0.29) is 11.4 Å². The lowest BCUT2D eigenvalue weighted by molar-refractivity contribution is -0.00923. The molecule has 1 saturated heterocycles. The second kappa shape index (κ2) is 7.06. The van der Waals surface area contributed by atoms with Crippen LogP contribution in [0.1, 0.15) is 35.6 Å². The molecular weight excluding hydrogens is 316 g/mol. The summed E-state index contributed by atoms with van der Waals surface area (Å²) in [6.45, 7) is 12.0. The fourth-order valence-electron chi connectivity index (χ4n) is 3.05. The molecule has 1 aromatic heterocycles. The van der Waals surface area contributed by atoms with Crippen LogP contribution in [-0.2, 0) is 4.74 Å². The predicted molar refractivity (Wildman–Crippen MR) is 97.8 cm³/mol. The first-order chi connectivity index (χ1) is 11.9. The van der Waals surface area contributed by atoms with Gasteiger partial charge in [-0.1, -0.05) is 0 Å². The number of benzene rings is 1. The zero-order valence-corrected chi connectivity index (χ0v) is 15.4. The third kappa shape index (κ3) is 3.96. The van der Waals surface area contributed by atoms with Gasteiger partial charge in [-0.05, 0) is 45.9 Å². The number of nitrogens with one attached hydrogen (secondary N) is 1. The third-order valence-corrected chi connectivity index (χ3v) is 4.89. The Hall–Kier alpha value is -2.05. The fraction of sp³-hybridized carbons (Fsp3) is 0.526. The maximum atomic E-state index is 12.6. The average Bonchev–Trinajstić information content (AvgIpc) is 2.61. The first-order valence-corrected chi connectivity index (χ1v) is 8.73. The number of hydrogen-bond acceptors (Lipinski definition) is 5. The van der Waals surface area contributed by atoms with E-state index < -0.39 is 0 Å². The highest BCUT2D eigenvalue weighted by molar-refractivity contribution is 5.97.